The Morgan fingerprint density at radius 1 is 0.976 bits per heavy atom. The Balaban J connectivity index is 1.11. The zero-order valence-electron chi connectivity index (χ0n) is 22.6. The van der Waals surface area contributed by atoms with Gasteiger partial charge in [0.1, 0.15) is 22.9 Å². The number of alkyl halides is 2. The van der Waals surface area contributed by atoms with Crippen LogP contribution in [0.25, 0.3) is 22.3 Å². The summed E-state index contributed by atoms with van der Waals surface area (Å²) in [7, 11) is 0. The van der Waals surface area contributed by atoms with Crippen LogP contribution >= 0.6 is 0 Å². The van der Waals surface area contributed by atoms with Crippen molar-refractivity contribution in [3.8, 4) is 11.3 Å². The smallest absolute Gasteiger partial charge is 0.259 e. The van der Waals surface area contributed by atoms with Gasteiger partial charge in [-0.05, 0) is 49.6 Å². The van der Waals surface area contributed by atoms with Gasteiger partial charge in [-0.3, -0.25) is 4.90 Å². The number of aryl methyl sites for hydroxylation is 1. The molecule has 1 N–H and O–H groups in total. The van der Waals surface area contributed by atoms with Crippen molar-refractivity contribution >= 4 is 22.8 Å². The first-order valence-corrected chi connectivity index (χ1v) is 14.1. The quantitative estimate of drug-likeness (QED) is 0.303. The fourth-order valence-corrected chi connectivity index (χ4v) is 6.67. The largest absolute Gasteiger partial charge is 0.319 e. The molecule has 0 amide bonds. The third-order valence-electron chi connectivity index (χ3n) is 8.71. The van der Waals surface area contributed by atoms with E-state index in [1.807, 2.05) is 18.3 Å². The normalized spacial score (nSPS) is 22.6. The summed E-state index contributed by atoms with van der Waals surface area (Å²) in [5, 5.41) is 3.00. The predicted octanol–water partition coefficient (Wildman–Crippen LogP) is 5.33. The molecular weight excluding hydrogens is 536 g/mol. The lowest BCUT2D eigenvalue weighted by Crippen LogP contribution is -2.52. The molecule has 6 heterocycles. The third-order valence-corrected chi connectivity index (χ3v) is 8.71. The van der Waals surface area contributed by atoms with E-state index in [0.717, 1.165) is 44.0 Å². The average molecular weight is 567 g/mol. The number of imidazole rings is 1. The van der Waals surface area contributed by atoms with Gasteiger partial charge in [0.2, 0.25) is 5.95 Å². The maximum atomic E-state index is 15.0. The van der Waals surface area contributed by atoms with Crippen molar-refractivity contribution in [3.05, 3.63) is 59.7 Å². The van der Waals surface area contributed by atoms with Crippen LogP contribution in [0.2, 0.25) is 0 Å². The fraction of sp³-hybridized carbons (Fsp3) is 0.448. The maximum Gasteiger partial charge on any atom is 0.259 e. The minimum absolute atomic E-state index is 0.00791. The van der Waals surface area contributed by atoms with Crippen molar-refractivity contribution in [2.75, 3.05) is 25.0 Å². The van der Waals surface area contributed by atoms with Crippen molar-refractivity contribution in [2.45, 2.75) is 63.7 Å². The molecule has 0 saturated carbocycles. The van der Waals surface area contributed by atoms with Gasteiger partial charge in [0.25, 0.3) is 6.43 Å². The van der Waals surface area contributed by atoms with Gasteiger partial charge in [-0.15, -0.1) is 0 Å². The van der Waals surface area contributed by atoms with E-state index in [1.54, 1.807) is 0 Å². The highest BCUT2D eigenvalue weighted by molar-refractivity contribution is 5.83. The first-order chi connectivity index (χ1) is 19.9. The maximum absolute atomic E-state index is 15.0. The highest BCUT2D eigenvalue weighted by atomic mass is 19.3. The summed E-state index contributed by atoms with van der Waals surface area (Å²) in [5.74, 6) is -0.513. The summed E-state index contributed by atoms with van der Waals surface area (Å²) in [4.78, 5) is 22.2. The molecule has 2 saturated heterocycles. The molecule has 0 radical (unpaired) electrons. The molecule has 0 aliphatic carbocycles. The molecule has 214 valence electrons. The Bertz CT molecular complexity index is 1580. The Morgan fingerprint density at radius 2 is 1.78 bits per heavy atom. The van der Waals surface area contributed by atoms with E-state index in [-0.39, 0.29) is 34.7 Å². The molecule has 3 atom stereocenters. The summed E-state index contributed by atoms with van der Waals surface area (Å²) >= 11 is 0. The van der Waals surface area contributed by atoms with Crippen molar-refractivity contribution in [1.82, 2.24) is 34.3 Å². The Labute approximate surface area is 234 Å². The average Bonchev–Trinajstić information content (AvgIpc) is 3.61. The molecule has 2 bridgehead atoms. The first-order valence-electron chi connectivity index (χ1n) is 14.1. The number of nitrogens with zero attached hydrogens (tertiary/aromatic N) is 7. The fourth-order valence-electron chi connectivity index (χ4n) is 6.67. The van der Waals surface area contributed by atoms with E-state index < -0.39 is 24.1 Å². The van der Waals surface area contributed by atoms with Crippen molar-refractivity contribution < 1.29 is 17.6 Å². The first kappa shape index (κ1) is 26.3. The number of hydrogen-bond acceptors (Lipinski definition) is 7. The van der Waals surface area contributed by atoms with Gasteiger partial charge in [0, 0.05) is 49.9 Å². The second-order valence-corrected chi connectivity index (χ2v) is 11.1. The highest BCUT2D eigenvalue weighted by Gasteiger charge is 2.39. The van der Waals surface area contributed by atoms with Crippen LogP contribution in [-0.2, 0) is 13.0 Å². The van der Waals surface area contributed by atoms with Gasteiger partial charge in [-0.1, -0.05) is 13.0 Å². The van der Waals surface area contributed by atoms with Crippen LogP contribution in [0.1, 0.15) is 43.6 Å². The van der Waals surface area contributed by atoms with E-state index in [9.17, 15) is 13.2 Å². The molecule has 2 fully saturated rings. The topological polar surface area (TPSA) is 75.0 Å². The van der Waals surface area contributed by atoms with E-state index in [2.05, 4.69) is 42.0 Å². The molecule has 2 unspecified atom stereocenters. The zero-order valence-corrected chi connectivity index (χ0v) is 22.6. The van der Waals surface area contributed by atoms with Gasteiger partial charge in [0.15, 0.2) is 11.6 Å². The Kier molecular flexibility index (Phi) is 6.61. The molecule has 3 aliphatic rings. The molecule has 41 heavy (non-hydrogen) atoms. The Morgan fingerprint density at radius 3 is 2.49 bits per heavy atom. The zero-order chi connectivity index (χ0) is 28.2. The molecule has 7 rings (SSSR count). The van der Waals surface area contributed by atoms with Crippen LogP contribution < -0.4 is 5.32 Å². The summed E-state index contributed by atoms with van der Waals surface area (Å²) in [6.45, 7) is 6.36. The number of piperazine rings is 1. The minimum Gasteiger partial charge on any atom is -0.319 e. The molecule has 8 nitrogen and oxygen atoms in total. The molecule has 3 aliphatic heterocycles. The second-order valence-electron chi connectivity index (χ2n) is 11.1. The van der Waals surface area contributed by atoms with E-state index >= 15 is 4.39 Å². The number of pyridine rings is 1. The number of aromatic nitrogens is 5. The lowest BCUT2D eigenvalue weighted by Gasteiger charge is -2.40. The standard InChI is InChI=1S/C29H30F4N8/c1-2-39-14-18-4-5-19(15-39)40(18)13-16-3-7-24(34-11-16)36-29-35-12-21(31)26(38-29)17-9-20(30)27-23(10-17)41-22(28(32)33)6-8-25(41)37-27/h3,7,9-12,18-19,22,28H,2,4-6,8,13-15H2,1H3,(H,34,35,36,38)/t18?,19?,22-/m0/s1. The van der Waals surface area contributed by atoms with Crippen LogP contribution in [0, 0.1) is 11.6 Å². The van der Waals surface area contributed by atoms with Crippen LogP contribution in [0.4, 0.5) is 29.3 Å². The van der Waals surface area contributed by atoms with Gasteiger partial charge < -0.3 is 14.8 Å². The molecule has 12 heteroatoms. The van der Waals surface area contributed by atoms with Gasteiger partial charge >= 0.3 is 0 Å². The van der Waals surface area contributed by atoms with E-state index in [1.165, 1.54) is 23.5 Å². The molecule has 4 aromatic rings. The number of halogens is 4. The number of benzene rings is 1. The minimum atomic E-state index is -2.62. The number of anilines is 2. The van der Waals surface area contributed by atoms with Gasteiger partial charge in [0.05, 0.1) is 17.8 Å². The van der Waals surface area contributed by atoms with Crippen LogP contribution in [0.3, 0.4) is 0 Å². The summed E-state index contributed by atoms with van der Waals surface area (Å²) in [6.07, 6.45) is 3.21. The van der Waals surface area contributed by atoms with E-state index in [4.69, 9.17) is 0 Å². The van der Waals surface area contributed by atoms with Crippen LogP contribution in [0.15, 0.2) is 36.7 Å². The summed E-state index contributed by atoms with van der Waals surface area (Å²) in [5.41, 5.74) is 1.27. The van der Waals surface area contributed by atoms with Crippen molar-refractivity contribution in [2.24, 2.45) is 0 Å². The van der Waals surface area contributed by atoms with Crippen molar-refractivity contribution in [1.29, 1.82) is 0 Å². The van der Waals surface area contributed by atoms with Crippen molar-refractivity contribution in [3.63, 3.8) is 0 Å². The number of fused-ring (bicyclic) bond motifs is 5. The number of likely N-dealkylation sites (tertiary alicyclic amines) is 1. The molecule has 3 aromatic heterocycles. The third kappa shape index (κ3) is 4.72. The number of nitrogens with one attached hydrogen (secondary N) is 1. The van der Waals surface area contributed by atoms with Gasteiger partial charge in [-0.2, -0.15) is 0 Å². The number of hydrogen-bond donors (Lipinski definition) is 1. The van der Waals surface area contributed by atoms with Crippen LogP contribution in [-0.4, -0.2) is 72.4 Å². The predicted molar refractivity (Wildman–Crippen MR) is 146 cm³/mol. The van der Waals surface area contributed by atoms with Gasteiger partial charge in [-0.25, -0.2) is 37.5 Å². The van der Waals surface area contributed by atoms with Crippen LogP contribution in [0.5, 0.6) is 0 Å². The highest BCUT2D eigenvalue weighted by Crippen LogP contribution is 2.37. The number of likely N-dealkylation sites (N-methyl/N-ethyl adjacent to an activating group) is 1. The summed E-state index contributed by atoms with van der Waals surface area (Å²) in [6, 6.07) is 6.48. The summed E-state index contributed by atoms with van der Waals surface area (Å²) < 4.78 is 58.6. The molecule has 1 aromatic carbocycles. The SMILES string of the molecule is CCN1CC2CCC(C1)N2Cc1ccc(Nc2ncc(F)c(-c3cc(F)c4nc5n(c4c3)[C@H](C(F)F)CC5)n2)nc1. The number of rotatable bonds is 7. The Hall–Kier alpha value is -3.64. The molecule has 0 spiro atoms. The monoisotopic (exact) mass is 566 g/mol. The second kappa shape index (κ2) is 10.3. The van der Waals surface area contributed by atoms with E-state index in [0.29, 0.717) is 30.1 Å². The lowest BCUT2D eigenvalue weighted by molar-refractivity contribution is 0.0641. The lowest BCUT2D eigenvalue weighted by atomic mass is 10.1. The molecular formula is C29H30F4N8.